The number of hydrogen-bond acceptors (Lipinski definition) is 5. The normalized spacial score (nSPS) is 17.8. The summed E-state index contributed by atoms with van der Waals surface area (Å²) in [7, 11) is 0. The van der Waals surface area contributed by atoms with Gasteiger partial charge in [0.25, 0.3) is 0 Å². The summed E-state index contributed by atoms with van der Waals surface area (Å²) in [6.07, 6.45) is 0.902. The average molecular weight is 233 g/mol. The lowest BCUT2D eigenvalue weighted by atomic mass is 10.4. The first-order valence-electron chi connectivity index (χ1n) is 4.27. The van der Waals surface area contributed by atoms with Gasteiger partial charge in [-0.2, -0.15) is 8.75 Å². The predicted octanol–water partition coefficient (Wildman–Crippen LogP) is 0.518. The second-order valence-corrected chi connectivity index (χ2v) is 3.89. The maximum atomic E-state index is 11.3. The van der Waals surface area contributed by atoms with Crippen LogP contribution in [0.2, 0.25) is 5.15 Å². The minimum atomic E-state index is 0.00608. The fourth-order valence-electron chi connectivity index (χ4n) is 1.35. The number of aromatic nitrogens is 2. The summed E-state index contributed by atoms with van der Waals surface area (Å²) in [5, 5.41) is 3.17. The zero-order valence-electron chi connectivity index (χ0n) is 7.36. The zero-order valence-corrected chi connectivity index (χ0v) is 8.94. The number of anilines is 1. The quantitative estimate of drug-likeness (QED) is 0.767. The third kappa shape index (κ3) is 1.96. The average Bonchev–Trinajstić information content (AvgIpc) is 2.45. The van der Waals surface area contributed by atoms with Crippen molar-refractivity contribution in [1.29, 1.82) is 0 Å². The van der Waals surface area contributed by atoms with E-state index >= 15 is 0 Å². The van der Waals surface area contributed by atoms with Crippen LogP contribution in [-0.2, 0) is 4.79 Å². The van der Waals surface area contributed by atoms with Crippen molar-refractivity contribution in [3.63, 3.8) is 0 Å². The highest BCUT2D eigenvalue weighted by atomic mass is 35.5. The van der Waals surface area contributed by atoms with Crippen molar-refractivity contribution in [2.45, 2.75) is 6.42 Å². The van der Waals surface area contributed by atoms with E-state index in [1.807, 2.05) is 4.90 Å². The van der Waals surface area contributed by atoms with Crippen LogP contribution >= 0.6 is 23.3 Å². The topological polar surface area (TPSA) is 58.1 Å². The van der Waals surface area contributed by atoms with Crippen LogP contribution in [0.1, 0.15) is 6.42 Å². The molecular formula is C7H9ClN4OS. The maximum absolute atomic E-state index is 11.3. The van der Waals surface area contributed by atoms with Crippen molar-refractivity contribution in [1.82, 2.24) is 14.1 Å². The molecule has 2 rings (SSSR count). The van der Waals surface area contributed by atoms with E-state index in [1.54, 1.807) is 0 Å². The monoisotopic (exact) mass is 232 g/mol. The third-order valence-electron chi connectivity index (χ3n) is 1.99. The molecule has 0 atom stereocenters. The van der Waals surface area contributed by atoms with E-state index in [1.165, 1.54) is 0 Å². The number of amides is 1. The number of carbonyl (C=O) groups excluding carboxylic acids is 1. The van der Waals surface area contributed by atoms with Crippen LogP contribution in [0.3, 0.4) is 0 Å². The Kier molecular flexibility index (Phi) is 2.83. The van der Waals surface area contributed by atoms with Crippen LogP contribution in [0.25, 0.3) is 0 Å². The summed E-state index contributed by atoms with van der Waals surface area (Å²) >= 11 is 6.90. The Bertz CT molecular complexity index is 342. The summed E-state index contributed by atoms with van der Waals surface area (Å²) in [5.41, 5.74) is 0. The molecule has 1 aliphatic rings. The van der Waals surface area contributed by atoms with Crippen molar-refractivity contribution < 1.29 is 4.79 Å². The van der Waals surface area contributed by atoms with E-state index in [0.717, 1.165) is 24.7 Å². The van der Waals surface area contributed by atoms with E-state index in [9.17, 15) is 4.79 Å². The van der Waals surface area contributed by atoms with Gasteiger partial charge in [0, 0.05) is 13.1 Å². The summed E-state index contributed by atoms with van der Waals surface area (Å²) in [5.74, 6) is 0.625. The molecule has 5 nitrogen and oxygen atoms in total. The molecule has 0 unspecified atom stereocenters. The Morgan fingerprint density at radius 3 is 3.07 bits per heavy atom. The van der Waals surface area contributed by atoms with E-state index in [2.05, 4.69) is 14.1 Å². The van der Waals surface area contributed by atoms with Crippen molar-refractivity contribution in [3.8, 4) is 0 Å². The minimum absolute atomic E-state index is 0.00608. The Morgan fingerprint density at radius 1 is 1.50 bits per heavy atom. The molecule has 1 fully saturated rings. The van der Waals surface area contributed by atoms with Gasteiger partial charge in [-0.15, -0.1) is 0 Å². The molecule has 2 heterocycles. The SMILES string of the molecule is O=C1CN(c2nsnc2Cl)CCCN1. The van der Waals surface area contributed by atoms with Crippen LogP contribution in [0, 0.1) is 0 Å². The summed E-state index contributed by atoms with van der Waals surface area (Å²) < 4.78 is 7.93. The number of carbonyl (C=O) groups is 1. The third-order valence-corrected chi connectivity index (χ3v) is 2.87. The minimum Gasteiger partial charge on any atom is -0.354 e. The first-order chi connectivity index (χ1) is 6.77. The number of nitrogens with one attached hydrogen (secondary N) is 1. The van der Waals surface area contributed by atoms with Crippen molar-refractivity contribution in [3.05, 3.63) is 5.15 Å². The van der Waals surface area contributed by atoms with Crippen LogP contribution < -0.4 is 10.2 Å². The van der Waals surface area contributed by atoms with Gasteiger partial charge in [-0.05, 0) is 6.42 Å². The van der Waals surface area contributed by atoms with Crippen LogP contribution in [0.15, 0.2) is 0 Å². The van der Waals surface area contributed by atoms with Crippen molar-refractivity contribution >= 4 is 35.1 Å². The molecule has 0 aromatic carbocycles. The van der Waals surface area contributed by atoms with Gasteiger partial charge >= 0.3 is 0 Å². The second kappa shape index (κ2) is 4.10. The smallest absolute Gasteiger partial charge is 0.239 e. The van der Waals surface area contributed by atoms with Crippen LogP contribution in [0.5, 0.6) is 0 Å². The molecule has 0 aliphatic carbocycles. The van der Waals surface area contributed by atoms with Gasteiger partial charge in [0.15, 0.2) is 11.0 Å². The fraction of sp³-hybridized carbons (Fsp3) is 0.571. The van der Waals surface area contributed by atoms with Gasteiger partial charge in [-0.1, -0.05) is 11.6 Å². The fourth-order valence-corrected chi connectivity index (χ4v) is 2.13. The van der Waals surface area contributed by atoms with E-state index in [4.69, 9.17) is 11.6 Å². The Balaban J connectivity index is 2.17. The van der Waals surface area contributed by atoms with E-state index < -0.39 is 0 Å². The van der Waals surface area contributed by atoms with Gasteiger partial charge in [-0.3, -0.25) is 4.79 Å². The summed E-state index contributed by atoms with van der Waals surface area (Å²) in [4.78, 5) is 13.1. The molecule has 76 valence electrons. The number of halogens is 1. The highest BCUT2D eigenvalue weighted by molar-refractivity contribution is 6.99. The van der Waals surface area contributed by atoms with Gasteiger partial charge < -0.3 is 10.2 Å². The lowest BCUT2D eigenvalue weighted by Crippen LogP contribution is -2.33. The van der Waals surface area contributed by atoms with Crippen LogP contribution in [0.4, 0.5) is 5.82 Å². The number of rotatable bonds is 1. The molecule has 7 heteroatoms. The van der Waals surface area contributed by atoms with Gasteiger partial charge in [-0.25, -0.2) is 0 Å². The molecule has 0 bridgehead atoms. The summed E-state index contributed by atoms with van der Waals surface area (Å²) in [6.45, 7) is 1.81. The Hall–Kier alpha value is -0.880. The highest BCUT2D eigenvalue weighted by Crippen LogP contribution is 2.23. The zero-order chi connectivity index (χ0) is 9.97. The molecule has 1 aromatic rings. The molecule has 14 heavy (non-hydrogen) atoms. The van der Waals surface area contributed by atoms with Crippen molar-refractivity contribution in [2.75, 3.05) is 24.5 Å². The first-order valence-corrected chi connectivity index (χ1v) is 5.38. The Labute approximate surface area is 90.4 Å². The molecule has 0 spiro atoms. The maximum Gasteiger partial charge on any atom is 0.239 e. The lowest BCUT2D eigenvalue weighted by Gasteiger charge is -2.17. The molecule has 1 aromatic heterocycles. The van der Waals surface area contributed by atoms with E-state index in [0.29, 0.717) is 24.1 Å². The largest absolute Gasteiger partial charge is 0.354 e. The second-order valence-electron chi connectivity index (χ2n) is 3.00. The molecule has 0 saturated carbocycles. The molecule has 1 N–H and O–H groups in total. The number of nitrogens with zero attached hydrogens (tertiary/aromatic N) is 3. The molecule has 0 radical (unpaired) electrons. The molecule has 1 amide bonds. The lowest BCUT2D eigenvalue weighted by molar-refractivity contribution is -0.119. The standard InChI is InChI=1S/C7H9ClN4OS/c8-6-7(11-14-10-6)12-3-1-2-9-5(13)4-12/h1-4H2,(H,9,13). The molecular weight excluding hydrogens is 224 g/mol. The molecule has 1 aliphatic heterocycles. The summed E-state index contributed by atoms with van der Waals surface area (Å²) in [6, 6.07) is 0. The van der Waals surface area contributed by atoms with E-state index in [-0.39, 0.29) is 5.91 Å². The van der Waals surface area contributed by atoms with Gasteiger partial charge in [0.2, 0.25) is 5.91 Å². The highest BCUT2D eigenvalue weighted by Gasteiger charge is 2.19. The van der Waals surface area contributed by atoms with Gasteiger partial charge in [0.05, 0.1) is 18.3 Å². The number of hydrogen-bond donors (Lipinski definition) is 1. The first kappa shape index (κ1) is 9.67. The van der Waals surface area contributed by atoms with Crippen LogP contribution in [-0.4, -0.2) is 34.3 Å². The van der Waals surface area contributed by atoms with Crippen molar-refractivity contribution in [2.24, 2.45) is 0 Å². The predicted molar refractivity (Wildman–Crippen MR) is 54.8 cm³/mol. The van der Waals surface area contributed by atoms with Gasteiger partial charge in [0.1, 0.15) is 0 Å². The molecule has 1 saturated heterocycles. The Morgan fingerprint density at radius 2 is 2.36 bits per heavy atom.